The number of benzene rings is 1. The lowest BCUT2D eigenvalue weighted by atomic mass is 10.2. The lowest BCUT2D eigenvalue weighted by molar-refractivity contribution is -0.0909. The summed E-state index contributed by atoms with van der Waals surface area (Å²) in [6, 6.07) is 6.38. The Bertz CT molecular complexity index is 725. The highest BCUT2D eigenvalue weighted by atomic mass is 32.2. The van der Waals surface area contributed by atoms with Crippen molar-refractivity contribution in [3.63, 3.8) is 0 Å². The molecule has 26 heavy (non-hydrogen) atoms. The number of hydrogen-bond donors (Lipinski definition) is 1. The van der Waals surface area contributed by atoms with Gasteiger partial charge in [-0.1, -0.05) is 18.9 Å². The van der Waals surface area contributed by atoms with Crippen molar-refractivity contribution >= 4 is 15.9 Å². The maximum Gasteiger partial charge on any atom is 0.251 e. The van der Waals surface area contributed by atoms with E-state index in [0.717, 1.165) is 25.7 Å². The minimum Gasteiger partial charge on any atom is -0.376 e. The summed E-state index contributed by atoms with van der Waals surface area (Å²) in [4.78, 5) is 12.5. The summed E-state index contributed by atoms with van der Waals surface area (Å²) in [6.45, 7) is 1.59. The number of rotatable bonds is 6. The first kappa shape index (κ1) is 19.3. The van der Waals surface area contributed by atoms with Crippen molar-refractivity contribution in [2.24, 2.45) is 0 Å². The largest absolute Gasteiger partial charge is 0.376 e. The quantitative estimate of drug-likeness (QED) is 0.804. The van der Waals surface area contributed by atoms with Gasteiger partial charge < -0.3 is 14.8 Å². The highest BCUT2D eigenvalue weighted by Gasteiger charge is 2.26. The molecule has 0 aromatic heterocycles. The second-order valence-electron chi connectivity index (χ2n) is 6.84. The third-order valence-electron chi connectivity index (χ3n) is 4.84. The maximum absolute atomic E-state index is 12.8. The lowest BCUT2D eigenvalue weighted by Crippen LogP contribution is -2.40. The van der Waals surface area contributed by atoms with Gasteiger partial charge in [-0.25, -0.2) is 8.42 Å². The average Bonchev–Trinajstić information content (AvgIpc) is 3.15. The third kappa shape index (κ3) is 4.62. The summed E-state index contributed by atoms with van der Waals surface area (Å²) < 4.78 is 37.7. The van der Waals surface area contributed by atoms with Gasteiger partial charge in [0.2, 0.25) is 10.0 Å². The lowest BCUT2D eigenvalue weighted by Gasteiger charge is -2.27. The van der Waals surface area contributed by atoms with Crippen molar-refractivity contribution in [2.75, 3.05) is 33.4 Å². The van der Waals surface area contributed by atoms with E-state index in [2.05, 4.69) is 5.32 Å². The van der Waals surface area contributed by atoms with E-state index in [-0.39, 0.29) is 29.5 Å². The SMILES string of the molecule is CN(C[C@H]1COCCO1)S(=O)(=O)c1cccc(C(=O)NC2CCCC2)c1. The standard InChI is InChI=1S/C18H26N2O5S/c1-20(12-16-13-24-9-10-25-16)26(22,23)17-8-4-5-14(11-17)18(21)19-15-6-2-3-7-15/h4-5,8,11,15-16H,2-3,6-7,9-10,12-13H2,1H3,(H,19,21)/t16-/m0/s1. The second kappa shape index (κ2) is 8.47. The first-order valence-electron chi connectivity index (χ1n) is 9.03. The van der Waals surface area contributed by atoms with Gasteiger partial charge in [0.15, 0.2) is 0 Å². The molecule has 0 bridgehead atoms. The summed E-state index contributed by atoms with van der Waals surface area (Å²) in [6.07, 6.45) is 3.93. The van der Waals surface area contributed by atoms with Crippen LogP contribution in [0, 0.1) is 0 Å². The monoisotopic (exact) mass is 382 g/mol. The Labute approximate surface area is 154 Å². The molecule has 1 N–H and O–H groups in total. The summed E-state index contributed by atoms with van der Waals surface area (Å²) in [5.41, 5.74) is 0.364. The van der Waals surface area contributed by atoms with Crippen molar-refractivity contribution < 1.29 is 22.7 Å². The maximum atomic E-state index is 12.8. The fourth-order valence-corrected chi connectivity index (χ4v) is 4.59. The Kier molecular flexibility index (Phi) is 6.29. The fraction of sp³-hybridized carbons (Fsp3) is 0.611. The van der Waals surface area contributed by atoms with E-state index in [9.17, 15) is 13.2 Å². The molecule has 3 rings (SSSR count). The zero-order valence-electron chi connectivity index (χ0n) is 15.0. The Morgan fingerprint density at radius 3 is 2.73 bits per heavy atom. The Balaban J connectivity index is 1.69. The van der Waals surface area contributed by atoms with Crippen molar-refractivity contribution in [3.05, 3.63) is 29.8 Å². The topological polar surface area (TPSA) is 84.9 Å². The van der Waals surface area contributed by atoms with Crippen molar-refractivity contribution in [2.45, 2.75) is 42.7 Å². The zero-order chi connectivity index (χ0) is 18.6. The molecule has 1 heterocycles. The molecule has 0 unspecified atom stereocenters. The molecule has 1 saturated carbocycles. The van der Waals surface area contributed by atoms with Gasteiger partial charge in [-0.05, 0) is 31.0 Å². The van der Waals surface area contributed by atoms with Crippen LogP contribution in [0.4, 0.5) is 0 Å². The molecule has 1 atom stereocenters. The van der Waals surface area contributed by atoms with Crippen LogP contribution >= 0.6 is 0 Å². The summed E-state index contributed by atoms with van der Waals surface area (Å²) in [7, 11) is -2.19. The number of carbonyl (C=O) groups is 1. The number of nitrogens with zero attached hydrogens (tertiary/aromatic N) is 1. The van der Waals surface area contributed by atoms with Crippen LogP contribution in [0.5, 0.6) is 0 Å². The smallest absolute Gasteiger partial charge is 0.251 e. The molecular weight excluding hydrogens is 356 g/mol. The molecule has 144 valence electrons. The van der Waals surface area contributed by atoms with E-state index in [1.54, 1.807) is 12.1 Å². The van der Waals surface area contributed by atoms with Gasteiger partial charge in [0.05, 0.1) is 30.8 Å². The number of hydrogen-bond acceptors (Lipinski definition) is 5. The van der Waals surface area contributed by atoms with Gasteiger partial charge in [-0.3, -0.25) is 4.79 Å². The number of sulfonamides is 1. The summed E-state index contributed by atoms with van der Waals surface area (Å²) in [5.74, 6) is -0.222. The van der Waals surface area contributed by atoms with Crippen molar-refractivity contribution in [1.82, 2.24) is 9.62 Å². The van der Waals surface area contributed by atoms with Crippen LogP contribution in [0.15, 0.2) is 29.2 Å². The van der Waals surface area contributed by atoms with E-state index < -0.39 is 10.0 Å². The molecule has 1 aliphatic heterocycles. The minimum atomic E-state index is -3.70. The highest BCUT2D eigenvalue weighted by molar-refractivity contribution is 7.89. The van der Waals surface area contributed by atoms with Gasteiger partial charge >= 0.3 is 0 Å². The van der Waals surface area contributed by atoms with E-state index in [4.69, 9.17) is 9.47 Å². The van der Waals surface area contributed by atoms with E-state index in [1.165, 1.54) is 23.5 Å². The normalized spacial score (nSPS) is 21.8. The van der Waals surface area contributed by atoms with Gasteiger partial charge in [0.25, 0.3) is 5.91 Å². The number of carbonyl (C=O) groups excluding carboxylic acids is 1. The molecule has 2 fully saturated rings. The molecule has 1 aromatic rings. The van der Waals surface area contributed by atoms with Gasteiger partial charge in [0, 0.05) is 25.2 Å². The van der Waals surface area contributed by atoms with Gasteiger partial charge in [-0.15, -0.1) is 0 Å². The Morgan fingerprint density at radius 1 is 1.27 bits per heavy atom. The first-order chi connectivity index (χ1) is 12.5. The molecule has 7 nitrogen and oxygen atoms in total. The predicted octanol–water partition coefficient (Wildman–Crippen LogP) is 1.39. The minimum absolute atomic E-state index is 0.107. The van der Waals surface area contributed by atoms with Crippen LogP contribution in [0.2, 0.25) is 0 Å². The third-order valence-corrected chi connectivity index (χ3v) is 6.66. The molecular formula is C18H26N2O5S. The Hall–Kier alpha value is -1.48. The molecule has 1 aliphatic carbocycles. The van der Waals surface area contributed by atoms with E-state index >= 15 is 0 Å². The van der Waals surface area contributed by atoms with Crippen LogP contribution < -0.4 is 5.32 Å². The molecule has 0 spiro atoms. The van der Waals surface area contributed by atoms with Crippen molar-refractivity contribution in [1.29, 1.82) is 0 Å². The predicted molar refractivity (Wildman–Crippen MR) is 96.5 cm³/mol. The van der Waals surface area contributed by atoms with Gasteiger partial charge in [-0.2, -0.15) is 4.31 Å². The molecule has 2 aliphatic rings. The van der Waals surface area contributed by atoms with E-state index in [0.29, 0.717) is 25.4 Å². The molecule has 1 saturated heterocycles. The molecule has 8 heteroatoms. The highest BCUT2D eigenvalue weighted by Crippen LogP contribution is 2.20. The van der Waals surface area contributed by atoms with Crippen LogP contribution in [0.3, 0.4) is 0 Å². The fourth-order valence-electron chi connectivity index (χ4n) is 3.34. The van der Waals surface area contributed by atoms with Crippen LogP contribution in [0.25, 0.3) is 0 Å². The summed E-state index contributed by atoms with van der Waals surface area (Å²) in [5, 5.41) is 2.98. The zero-order valence-corrected chi connectivity index (χ0v) is 15.8. The number of amides is 1. The summed E-state index contributed by atoms with van der Waals surface area (Å²) >= 11 is 0. The average molecular weight is 382 g/mol. The van der Waals surface area contributed by atoms with Crippen LogP contribution in [-0.2, 0) is 19.5 Å². The Morgan fingerprint density at radius 2 is 2.04 bits per heavy atom. The first-order valence-corrected chi connectivity index (χ1v) is 10.5. The second-order valence-corrected chi connectivity index (χ2v) is 8.88. The van der Waals surface area contributed by atoms with Gasteiger partial charge in [0.1, 0.15) is 0 Å². The van der Waals surface area contributed by atoms with E-state index in [1.807, 2.05) is 0 Å². The number of likely N-dealkylation sites (N-methyl/N-ethyl adjacent to an activating group) is 1. The van der Waals surface area contributed by atoms with Crippen molar-refractivity contribution in [3.8, 4) is 0 Å². The molecule has 1 aromatic carbocycles. The van der Waals surface area contributed by atoms with Crippen LogP contribution in [-0.4, -0.2) is 64.2 Å². The van der Waals surface area contributed by atoms with Crippen LogP contribution in [0.1, 0.15) is 36.0 Å². The number of nitrogens with one attached hydrogen (secondary N) is 1. The molecule has 0 radical (unpaired) electrons. The molecule has 1 amide bonds. The number of ether oxygens (including phenoxy) is 2.